The van der Waals surface area contributed by atoms with Crippen molar-refractivity contribution in [1.82, 2.24) is 9.80 Å². The van der Waals surface area contributed by atoms with Crippen LogP contribution in [-0.2, 0) is 25.6 Å². The molecular weight excluding hydrogens is 386 g/mol. The van der Waals surface area contributed by atoms with Gasteiger partial charge in [-0.2, -0.15) is 0 Å². The lowest BCUT2D eigenvalue weighted by atomic mass is 9.95. The zero-order chi connectivity index (χ0) is 21.4. The Morgan fingerprint density at radius 2 is 1.73 bits per heavy atom. The van der Waals surface area contributed by atoms with Crippen LogP contribution in [0.4, 0.5) is 5.69 Å². The fourth-order valence-electron chi connectivity index (χ4n) is 4.86. The van der Waals surface area contributed by atoms with E-state index in [9.17, 15) is 14.4 Å². The smallest absolute Gasteiger partial charge is 0.255 e. The number of carbonyl (C=O) groups is 3. The van der Waals surface area contributed by atoms with E-state index in [0.29, 0.717) is 24.4 Å². The second kappa shape index (κ2) is 8.35. The zero-order valence-electron chi connectivity index (χ0n) is 17.8. The summed E-state index contributed by atoms with van der Waals surface area (Å²) in [7, 11) is 4.83. The molecule has 0 aromatic heterocycles. The van der Waals surface area contributed by atoms with Crippen LogP contribution in [0.15, 0.2) is 18.2 Å². The number of hydrogen-bond acceptors (Lipinski definition) is 6. The van der Waals surface area contributed by atoms with Crippen molar-refractivity contribution in [3.63, 3.8) is 0 Å². The summed E-state index contributed by atoms with van der Waals surface area (Å²) in [5.74, 6) is -0.239. The number of hydrogen-bond donors (Lipinski definition) is 0. The van der Waals surface area contributed by atoms with Crippen LogP contribution in [0.2, 0.25) is 0 Å². The van der Waals surface area contributed by atoms with Crippen LogP contribution < -0.4 is 4.90 Å². The van der Waals surface area contributed by atoms with Crippen molar-refractivity contribution in [3.8, 4) is 0 Å². The minimum Gasteiger partial charge on any atom is -0.371 e. The molecule has 3 aliphatic rings. The lowest BCUT2D eigenvalue weighted by Gasteiger charge is -2.36. The van der Waals surface area contributed by atoms with Crippen LogP contribution in [0.3, 0.4) is 0 Å². The second-order valence-electron chi connectivity index (χ2n) is 8.28. The molecule has 162 valence electrons. The highest BCUT2D eigenvalue weighted by Gasteiger charge is 2.41. The molecule has 1 aromatic rings. The molecule has 3 amide bonds. The minimum absolute atomic E-state index is 0.123. The molecule has 8 heteroatoms. The SMILES string of the molecule is COC(OC)C1CCN(c2ccc3c(c2)C(=O)N(C2CCC(=O)N(C)C2=O)C3)CC1. The third-order valence-corrected chi connectivity index (χ3v) is 6.68. The fourth-order valence-corrected chi connectivity index (χ4v) is 4.86. The minimum atomic E-state index is -0.563. The molecule has 8 nitrogen and oxygen atoms in total. The highest BCUT2D eigenvalue weighted by Crippen LogP contribution is 2.33. The Kier molecular flexibility index (Phi) is 5.79. The van der Waals surface area contributed by atoms with Crippen molar-refractivity contribution >= 4 is 23.4 Å². The first-order valence-corrected chi connectivity index (χ1v) is 10.5. The number of imide groups is 1. The van der Waals surface area contributed by atoms with Crippen molar-refractivity contribution in [3.05, 3.63) is 29.3 Å². The second-order valence-corrected chi connectivity index (χ2v) is 8.28. The Morgan fingerprint density at radius 1 is 1.03 bits per heavy atom. The van der Waals surface area contributed by atoms with Crippen LogP contribution in [0, 0.1) is 5.92 Å². The van der Waals surface area contributed by atoms with Gasteiger partial charge in [0.25, 0.3) is 11.8 Å². The first kappa shape index (κ1) is 20.8. The maximum atomic E-state index is 13.1. The fraction of sp³-hybridized carbons (Fsp3) is 0.591. The standard InChI is InChI=1S/C22H29N3O5/c1-23-19(26)7-6-18(21(23)28)25-13-15-4-5-16(12-17(15)20(25)27)24-10-8-14(9-11-24)22(29-2)30-3/h4-5,12,14,18,22H,6-11,13H2,1-3H3. The average molecular weight is 415 g/mol. The number of nitrogens with zero attached hydrogens (tertiary/aromatic N) is 3. The molecule has 3 aliphatic heterocycles. The number of likely N-dealkylation sites (tertiary alicyclic amines) is 1. The molecule has 0 saturated carbocycles. The van der Waals surface area contributed by atoms with Gasteiger partial charge in [0.15, 0.2) is 6.29 Å². The summed E-state index contributed by atoms with van der Waals surface area (Å²) in [5, 5.41) is 0. The number of methoxy groups -OCH3 is 2. The zero-order valence-corrected chi connectivity index (χ0v) is 17.8. The lowest BCUT2D eigenvalue weighted by molar-refractivity contribution is -0.150. The Morgan fingerprint density at radius 3 is 2.40 bits per heavy atom. The van der Waals surface area contributed by atoms with E-state index in [1.165, 1.54) is 7.05 Å². The molecule has 1 atom stereocenters. The van der Waals surface area contributed by atoms with Crippen LogP contribution in [0.25, 0.3) is 0 Å². The predicted molar refractivity (Wildman–Crippen MR) is 110 cm³/mol. The monoisotopic (exact) mass is 415 g/mol. The Hall–Kier alpha value is -2.45. The van der Waals surface area contributed by atoms with Gasteiger partial charge >= 0.3 is 0 Å². The molecule has 0 N–H and O–H groups in total. The van der Waals surface area contributed by atoms with Gasteiger partial charge in [0.1, 0.15) is 6.04 Å². The van der Waals surface area contributed by atoms with E-state index in [4.69, 9.17) is 9.47 Å². The normalized spacial score (nSPS) is 23.0. The molecule has 0 aliphatic carbocycles. The maximum Gasteiger partial charge on any atom is 0.255 e. The quantitative estimate of drug-likeness (QED) is 0.537. The van der Waals surface area contributed by atoms with Crippen LogP contribution in [-0.4, -0.2) is 74.2 Å². The Balaban J connectivity index is 1.46. The number of anilines is 1. The van der Waals surface area contributed by atoms with Crippen molar-refractivity contribution in [2.75, 3.05) is 39.3 Å². The maximum absolute atomic E-state index is 13.1. The van der Waals surface area contributed by atoms with Crippen molar-refractivity contribution in [2.45, 2.75) is 44.6 Å². The van der Waals surface area contributed by atoms with Gasteiger partial charge in [-0.15, -0.1) is 0 Å². The third kappa shape index (κ3) is 3.58. The van der Waals surface area contributed by atoms with Gasteiger partial charge in [-0.3, -0.25) is 19.3 Å². The summed E-state index contributed by atoms with van der Waals surface area (Å²) in [6.07, 6.45) is 2.42. The predicted octanol–water partition coefficient (Wildman–Crippen LogP) is 1.63. The van der Waals surface area contributed by atoms with E-state index in [2.05, 4.69) is 11.0 Å². The number of amides is 3. The number of likely N-dealkylation sites (N-methyl/N-ethyl adjacent to an activating group) is 1. The highest BCUT2D eigenvalue weighted by atomic mass is 16.7. The van der Waals surface area contributed by atoms with E-state index in [0.717, 1.165) is 42.1 Å². The molecule has 4 rings (SSSR count). The molecule has 1 aromatic carbocycles. The number of benzene rings is 1. The lowest BCUT2D eigenvalue weighted by Crippen LogP contribution is -2.53. The number of carbonyl (C=O) groups excluding carboxylic acids is 3. The van der Waals surface area contributed by atoms with E-state index in [-0.39, 0.29) is 30.4 Å². The molecular formula is C22H29N3O5. The third-order valence-electron chi connectivity index (χ3n) is 6.68. The van der Waals surface area contributed by atoms with Gasteiger partial charge in [0, 0.05) is 64.5 Å². The van der Waals surface area contributed by atoms with Gasteiger partial charge < -0.3 is 19.3 Å². The topological polar surface area (TPSA) is 79.4 Å². The summed E-state index contributed by atoms with van der Waals surface area (Å²) >= 11 is 0. The van der Waals surface area contributed by atoms with Gasteiger partial charge in [0.2, 0.25) is 5.91 Å². The largest absolute Gasteiger partial charge is 0.371 e. The number of rotatable bonds is 5. The van der Waals surface area contributed by atoms with Gasteiger partial charge in [0.05, 0.1) is 0 Å². The first-order chi connectivity index (χ1) is 14.4. The summed E-state index contributed by atoms with van der Waals surface area (Å²) in [4.78, 5) is 42.5. The van der Waals surface area contributed by atoms with Crippen molar-refractivity contribution < 1.29 is 23.9 Å². The first-order valence-electron chi connectivity index (χ1n) is 10.5. The van der Waals surface area contributed by atoms with E-state index >= 15 is 0 Å². The molecule has 2 fully saturated rings. The van der Waals surface area contributed by atoms with Crippen molar-refractivity contribution in [2.24, 2.45) is 5.92 Å². The van der Waals surface area contributed by atoms with Gasteiger partial charge in [-0.1, -0.05) is 6.07 Å². The molecule has 1 unspecified atom stereocenters. The molecule has 0 bridgehead atoms. The number of piperidine rings is 2. The number of fused-ring (bicyclic) bond motifs is 1. The number of ether oxygens (including phenoxy) is 2. The van der Waals surface area contributed by atoms with Crippen LogP contribution in [0.1, 0.15) is 41.6 Å². The van der Waals surface area contributed by atoms with E-state index in [1.807, 2.05) is 12.1 Å². The van der Waals surface area contributed by atoms with Gasteiger partial charge in [-0.25, -0.2) is 0 Å². The molecule has 3 heterocycles. The van der Waals surface area contributed by atoms with Gasteiger partial charge in [-0.05, 0) is 37.0 Å². The van der Waals surface area contributed by atoms with Crippen molar-refractivity contribution in [1.29, 1.82) is 0 Å². The Bertz CT molecular complexity index is 845. The van der Waals surface area contributed by atoms with Crippen LogP contribution >= 0.6 is 0 Å². The van der Waals surface area contributed by atoms with Crippen LogP contribution in [0.5, 0.6) is 0 Å². The summed E-state index contributed by atoms with van der Waals surface area (Å²) in [6.45, 7) is 2.16. The molecule has 0 radical (unpaired) electrons. The Labute approximate surface area is 176 Å². The van der Waals surface area contributed by atoms with E-state index in [1.54, 1.807) is 19.1 Å². The summed E-state index contributed by atoms with van der Waals surface area (Å²) in [5.41, 5.74) is 2.62. The summed E-state index contributed by atoms with van der Waals surface area (Å²) in [6, 6.07) is 5.43. The summed E-state index contributed by atoms with van der Waals surface area (Å²) < 4.78 is 10.8. The highest BCUT2D eigenvalue weighted by molar-refractivity contribution is 6.05. The van der Waals surface area contributed by atoms with E-state index < -0.39 is 6.04 Å². The average Bonchev–Trinajstić information content (AvgIpc) is 3.09. The molecule has 0 spiro atoms. The molecule has 30 heavy (non-hydrogen) atoms. The molecule has 2 saturated heterocycles.